The predicted octanol–water partition coefficient (Wildman–Crippen LogP) is 3.78. The van der Waals surface area contributed by atoms with E-state index in [2.05, 4.69) is 20.7 Å². The Morgan fingerprint density at radius 2 is 1.84 bits per heavy atom. The zero-order valence-corrected chi connectivity index (χ0v) is 23.2. The van der Waals surface area contributed by atoms with Crippen molar-refractivity contribution in [3.05, 3.63) is 52.7 Å². The fourth-order valence-electron chi connectivity index (χ4n) is 5.45. The van der Waals surface area contributed by atoms with Gasteiger partial charge in [-0.05, 0) is 30.0 Å². The summed E-state index contributed by atoms with van der Waals surface area (Å²) in [7, 11) is 1.33. The highest BCUT2D eigenvalue weighted by molar-refractivity contribution is 6.34. The van der Waals surface area contributed by atoms with E-state index in [1.807, 2.05) is 0 Å². The van der Waals surface area contributed by atoms with Crippen molar-refractivity contribution in [1.29, 1.82) is 0 Å². The number of benzene rings is 1. The lowest BCUT2D eigenvalue weighted by Gasteiger charge is -2.18. The van der Waals surface area contributed by atoms with Crippen LogP contribution in [0.15, 0.2) is 30.6 Å². The summed E-state index contributed by atoms with van der Waals surface area (Å²) in [6.07, 6.45) is -3.58. The Morgan fingerprint density at radius 1 is 1.21 bits per heavy atom. The van der Waals surface area contributed by atoms with E-state index in [1.165, 1.54) is 25.2 Å². The molecule has 230 valence electrons. The molecular formula is C26H25ClF5N7O4. The number of rotatable bonds is 5. The first-order chi connectivity index (χ1) is 20.2. The molecule has 2 saturated heterocycles. The Bertz CT molecular complexity index is 1560. The van der Waals surface area contributed by atoms with Crippen LogP contribution in [0, 0.1) is 11.8 Å². The average molecular weight is 630 g/mol. The number of carboxylic acid groups (broad SMARTS) is 1. The molecule has 0 unspecified atom stereocenters. The minimum atomic E-state index is -4.92. The van der Waals surface area contributed by atoms with Crippen LogP contribution in [0.25, 0.3) is 11.3 Å². The summed E-state index contributed by atoms with van der Waals surface area (Å²) in [6, 6.07) is 2.96. The minimum Gasteiger partial charge on any atom is -0.483 e. The molecule has 2 aliphatic heterocycles. The average Bonchev–Trinajstić information content (AvgIpc) is 3.47. The Hall–Kier alpha value is -4.05. The number of carbonyl (C=O) groups is 3. The summed E-state index contributed by atoms with van der Waals surface area (Å²) in [5.74, 6) is -3.48. The minimum absolute atomic E-state index is 0.128. The van der Waals surface area contributed by atoms with Gasteiger partial charge in [0.25, 0.3) is 24.2 Å². The van der Waals surface area contributed by atoms with Crippen LogP contribution in [0.5, 0.6) is 0 Å². The van der Waals surface area contributed by atoms with Gasteiger partial charge in [0.1, 0.15) is 6.04 Å². The van der Waals surface area contributed by atoms with Gasteiger partial charge in [-0.1, -0.05) is 11.6 Å². The van der Waals surface area contributed by atoms with Gasteiger partial charge in [-0.3, -0.25) is 19.1 Å². The molecule has 0 bridgehead atoms. The van der Waals surface area contributed by atoms with Gasteiger partial charge in [0.05, 0.1) is 28.0 Å². The largest absolute Gasteiger partial charge is 0.483 e. The van der Waals surface area contributed by atoms with Gasteiger partial charge in [-0.2, -0.15) is 18.3 Å². The second kappa shape index (κ2) is 11.2. The van der Waals surface area contributed by atoms with Crippen molar-refractivity contribution in [2.75, 3.05) is 31.5 Å². The van der Waals surface area contributed by atoms with Crippen LogP contribution < -0.4 is 10.6 Å². The van der Waals surface area contributed by atoms with Crippen LogP contribution in [0.3, 0.4) is 0 Å². The third-order valence-electron chi connectivity index (χ3n) is 7.71. The summed E-state index contributed by atoms with van der Waals surface area (Å²) >= 11 is 6.38. The molecule has 3 N–H and O–H groups in total. The molecule has 3 fully saturated rings. The van der Waals surface area contributed by atoms with Crippen molar-refractivity contribution in [2.45, 2.75) is 24.6 Å². The van der Waals surface area contributed by atoms with Crippen molar-refractivity contribution in [3.63, 3.8) is 0 Å². The van der Waals surface area contributed by atoms with E-state index in [9.17, 15) is 31.5 Å². The lowest BCUT2D eigenvalue weighted by Crippen LogP contribution is -2.32. The summed E-state index contributed by atoms with van der Waals surface area (Å²) < 4.78 is 69.8. The van der Waals surface area contributed by atoms with Gasteiger partial charge in [0, 0.05) is 51.5 Å². The fourth-order valence-corrected chi connectivity index (χ4v) is 5.71. The molecule has 0 spiro atoms. The van der Waals surface area contributed by atoms with E-state index in [1.54, 1.807) is 4.90 Å². The number of nitrogens with one attached hydrogen (secondary N) is 2. The molecule has 4 heterocycles. The van der Waals surface area contributed by atoms with Crippen molar-refractivity contribution >= 4 is 35.6 Å². The molecule has 3 aliphatic rings. The zero-order valence-electron chi connectivity index (χ0n) is 22.4. The molecule has 1 aliphatic carbocycles. The zero-order chi connectivity index (χ0) is 31.3. The first-order valence-electron chi connectivity index (χ1n) is 13.0. The number of likely N-dealkylation sites (tertiary alicyclic amines) is 1. The van der Waals surface area contributed by atoms with Crippen molar-refractivity contribution in [1.82, 2.24) is 29.5 Å². The summed E-state index contributed by atoms with van der Waals surface area (Å²) in [5.41, 5.74) is -1.41. The van der Waals surface area contributed by atoms with Crippen LogP contribution in [0.1, 0.15) is 39.1 Å². The predicted molar refractivity (Wildman–Crippen MR) is 142 cm³/mol. The Morgan fingerprint density at radius 3 is 2.40 bits per heavy atom. The number of alkyl halides is 5. The van der Waals surface area contributed by atoms with Crippen LogP contribution in [0.4, 0.5) is 27.6 Å². The van der Waals surface area contributed by atoms with Crippen LogP contribution in [-0.4, -0.2) is 79.7 Å². The van der Waals surface area contributed by atoms with Gasteiger partial charge < -0.3 is 25.2 Å². The summed E-state index contributed by atoms with van der Waals surface area (Å²) in [6.45, 7) is 2.78. The monoisotopic (exact) mass is 629 g/mol. The number of halogens is 6. The Balaban J connectivity index is 0.00000118. The standard InChI is InChI=1S/C25H23ClF5N7O2.CH2O2/c1-36-18(16-11-38(19-5-24(19,27)28)35-20(16)25(29,30)31)8-33-21(36)22(39)34-14-2-3-15(17(26)4-14)23(40)37-9-12-6-32-7-13(12)10-37;2-1-3/h2-4,8,11-13,19,32H,5-7,9-10H2,1H3,(H,34,39);1H,(H,2,3)/t12-,13+,19-;/m1./s1. The smallest absolute Gasteiger partial charge is 0.435 e. The summed E-state index contributed by atoms with van der Waals surface area (Å²) in [5, 5.41) is 16.3. The Kier molecular flexibility index (Phi) is 7.94. The molecule has 11 nitrogen and oxygen atoms in total. The van der Waals surface area contributed by atoms with Crippen molar-refractivity contribution < 1.29 is 41.4 Å². The second-order valence-electron chi connectivity index (χ2n) is 10.5. The SMILES string of the molecule is Cn1c(-c2cn([C@@H]3CC3(F)F)nc2C(F)(F)F)cnc1C(=O)Nc1ccc(C(=O)N2C[C@H]3CNC[C@H]3C2)c(Cl)c1.O=CO. The molecule has 2 amide bonds. The first-order valence-corrected chi connectivity index (χ1v) is 13.4. The molecule has 3 aromatic rings. The number of anilines is 1. The van der Waals surface area contributed by atoms with E-state index in [0.717, 1.165) is 30.1 Å². The van der Waals surface area contributed by atoms with E-state index in [4.69, 9.17) is 21.5 Å². The highest BCUT2D eigenvalue weighted by atomic mass is 35.5. The van der Waals surface area contributed by atoms with E-state index in [-0.39, 0.29) is 34.6 Å². The maximum atomic E-state index is 13.7. The molecule has 6 rings (SSSR count). The third kappa shape index (κ3) is 5.93. The van der Waals surface area contributed by atoms with Crippen molar-refractivity contribution in [3.8, 4) is 11.3 Å². The quantitative estimate of drug-likeness (QED) is 0.289. The molecular weight excluding hydrogens is 605 g/mol. The molecule has 0 radical (unpaired) electrons. The number of amides is 2. The van der Waals surface area contributed by atoms with Crippen LogP contribution in [-0.2, 0) is 18.0 Å². The van der Waals surface area contributed by atoms with Gasteiger partial charge in [0.15, 0.2) is 11.5 Å². The maximum Gasteiger partial charge on any atom is 0.435 e. The van der Waals surface area contributed by atoms with E-state index < -0.39 is 41.7 Å². The number of imidazole rings is 1. The number of hydrogen-bond acceptors (Lipinski definition) is 6. The van der Waals surface area contributed by atoms with Crippen molar-refractivity contribution in [2.24, 2.45) is 18.9 Å². The maximum absolute atomic E-state index is 13.7. The lowest BCUT2D eigenvalue weighted by atomic mass is 10.0. The Labute approximate surface area is 245 Å². The van der Waals surface area contributed by atoms with Gasteiger partial charge in [0.2, 0.25) is 0 Å². The van der Waals surface area contributed by atoms with Gasteiger partial charge in [-0.25, -0.2) is 13.8 Å². The molecule has 1 aromatic carbocycles. The topological polar surface area (TPSA) is 134 Å². The third-order valence-corrected chi connectivity index (χ3v) is 8.03. The highest BCUT2D eigenvalue weighted by Gasteiger charge is 2.59. The molecule has 17 heteroatoms. The number of hydrogen-bond donors (Lipinski definition) is 3. The van der Waals surface area contributed by atoms with E-state index >= 15 is 0 Å². The normalized spacial score (nSPS) is 22.0. The van der Waals surface area contributed by atoms with Crippen LogP contribution in [0.2, 0.25) is 5.02 Å². The highest BCUT2D eigenvalue weighted by Crippen LogP contribution is 2.53. The molecule has 1 saturated carbocycles. The number of fused-ring (bicyclic) bond motifs is 1. The van der Waals surface area contributed by atoms with Gasteiger partial charge in [-0.15, -0.1) is 0 Å². The van der Waals surface area contributed by atoms with Gasteiger partial charge >= 0.3 is 6.18 Å². The molecule has 3 atom stereocenters. The second-order valence-corrected chi connectivity index (χ2v) is 10.9. The molecule has 43 heavy (non-hydrogen) atoms. The van der Waals surface area contributed by atoms with E-state index in [0.29, 0.717) is 35.2 Å². The lowest BCUT2D eigenvalue weighted by molar-refractivity contribution is -0.141. The number of nitrogens with zero attached hydrogens (tertiary/aromatic N) is 5. The number of aromatic nitrogens is 4. The molecule has 2 aromatic heterocycles. The summed E-state index contributed by atoms with van der Waals surface area (Å²) in [4.78, 5) is 40.1. The van der Waals surface area contributed by atoms with Crippen LogP contribution >= 0.6 is 11.6 Å². The fraction of sp³-hybridized carbons (Fsp3) is 0.423. The number of carbonyl (C=O) groups excluding carboxylic acids is 2. The first kappa shape index (κ1) is 30.4.